The molecule has 1 saturated carbocycles. The van der Waals surface area contributed by atoms with E-state index < -0.39 is 0 Å². The Morgan fingerprint density at radius 3 is 2.52 bits per heavy atom. The van der Waals surface area contributed by atoms with E-state index in [-0.39, 0.29) is 5.91 Å². The summed E-state index contributed by atoms with van der Waals surface area (Å²) in [7, 11) is 0. The van der Waals surface area contributed by atoms with E-state index in [1.165, 1.54) is 18.4 Å². The Labute approximate surface area is 183 Å². The molecule has 3 fully saturated rings. The summed E-state index contributed by atoms with van der Waals surface area (Å²) in [6, 6.07) is 1.09. The molecular weight excluding hydrogens is 392 g/mol. The smallest absolute Gasteiger partial charge is 0.219 e. The molecule has 0 atom stereocenters. The number of piperazine rings is 1. The van der Waals surface area contributed by atoms with Gasteiger partial charge in [-0.1, -0.05) is 0 Å². The first kappa shape index (κ1) is 20.7. The lowest BCUT2D eigenvalue weighted by molar-refractivity contribution is -0.131. The SMILES string of the molecule is CC(=O)N1CCN(C2CCC(Nc3ncnc4[nH]cc(C5CCOCC5)c34)CC2)CC1. The van der Waals surface area contributed by atoms with Crippen molar-refractivity contribution in [2.75, 3.05) is 44.7 Å². The van der Waals surface area contributed by atoms with Crippen LogP contribution in [0.2, 0.25) is 0 Å². The molecule has 1 amide bonds. The van der Waals surface area contributed by atoms with E-state index in [2.05, 4.69) is 31.4 Å². The molecule has 1 aliphatic carbocycles. The van der Waals surface area contributed by atoms with Crippen LogP contribution in [0.4, 0.5) is 5.82 Å². The highest BCUT2D eigenvalue weighted by molar-refractivity contribution is 5.91. The van der Waals surface area contributed by atoms with Gasteiger partial charge in [0.2, 0.25) is 5.91 Å². The van der Waals surface area contributed by atoms with E-state index >= 15 is 0 Å². The standard InChI is InChI=1S/C23H34N6O2/c1-16(30)28-8-10-29(11-9-28)19-4-2-18(3-5-19)27-23-21-20(17-6-12-31-13-7-17)14-24-22(21)25-15-26-23/h14-15,17-19H,2-13H2,1H3,(H2,24,25,26,27). The van der Waals surface area contributed by atoms with Crippen molar-refractivity contribution in [3.05, 3.63) is 18.1 Å². The van der Waals surface area contributed by atoms with Crippen molar-refractivity contribution in [3.63, 3.8) is 0 Å². The van der Waals surface area contributed by atoms with Crippen molar-refractivity contribution < 1.29 is 9.53 Å². The molecule has 2 aromatic rings. The van der Waals surface area contributed by atoms with Crippen LogP contribution in [0.25, 0.3) is 11.0 Å². The minimum atomic E-state index is 0.202. The zero-order valence-electron chi connectivity index (χ0n) is 18.5. The fourth-order valence-corrected chi connectivity index (χ4v) is 5.61. The third kappa shape index (κ3) is 4.41. The molecule has 168 valence electrons. The zero-order chi connectivity index (χ0) is 21.2. The Morgan fingerprint density at radius 2 is 1.81 bits per heavy atom. The van der Waals surface area contributed by atoms with E-state index in [0.717, 1.165) is 81.9 Å². The van der Waals surface area contributed by atoms with E-state index in [1.807, 2.05) is 4.90 Å². The van der Waals surface area contributed by atoms with Crippen LogP contribution in [0.1, 0.15) is 56.9 Å². The molecule has 0 radical (unpaired) electrons. The summed E-state index contributed by atoms with van der Waals surface area (Å²) in [4.78, 5) is 28.6. The van der Waals surface area contributed by atoms with Crippen molar-refractivity contribution in [2.24, 2.45) is 0 Å². The first-order valence-electron chi connectivity index (χ1n) is 11.8. The molecule has 8 heteroatoms. The molecule has 2 N–H and O–H groups in total. The Balaban J connectivity index is 1.22. The quantitative estimate of drug-likeness (QED) is 0.782. The maximum absolute atomic E-state index is 11.6. The molecule has 8 nitrogen and oxygen atoms in total. The van der Waals surface area contributed by atoms with Gasteiger partial charge in [0, 0.05) is 64.6 Å². The predicted octanol–water partition coefficient (Wildman–Crippen LogP) is 2.74. The van der Waals surface area contributed by atoms with Crippen molar-refractivity contribution in [1.29, 1.82) is 0 Å². The molecule has 0 unspecified atom stereocenters. The zero-order valence-corrected chi connectivity index (χ0v) is 18.5. The molecule has 0 bridgehead atoms. The van der Waals surface area contributed by atoms with E-state index in [1.54, 1.807) is 13.3 Å². The number of aromatic nitrogens is 3. The van der Waals surface area contributed by atoms with Crippen LogP contribution in [-0.4, -0.2) is 82.1 Å². The number of nitrogens with one attached hydrogen (secondary N) is 2. The van der Waals surface area contributed by atoms with Gasteiger partial charge in [0.25, 0.3) is 0 Å². The third-order valence-corrected chi connectivity index (χ3v) is 7.48. The molecule has 2 saturated heterocycles. The van der Waals surface area contributed by atoms with Gasteiger partial charge in [-0.2, -0.15) is 0 Å². The van der Waals surface area contributed by atoms with Crippen LogP contribution in [0.3, 0.4) is 0 Å². The first-order chi connectivity index (χ1) is 15.2. The summed E-state index contributed by atoms with van der Waals surface area (Å²) in [6.45, 7) is 7.09. The highest BCUT2D eigenvalue weighted by Crippen LogP contribution is 2.36. The lowest BCUT2D eigenvalue weighted by Gasteiger charge is -2.42. The topological polar surface area (TPSA) is 86.4 Å². The van der Waals surface area contributed by atoms with Gasteiger partial charge in [0.15, 0.2) is 0 Å². The largest absolute Gasteiger partial charge is 0.381 e. The predicted molar refractivity (Wildman–Crippen MR) is 120 cm³/mol. The summed E-state index contributed by atoms with van der Waals surface area (Å²) in [5.41, 5.74) is 2.26. The number of carbonyl (C=O) groups excluding carboxylic acids is 1. The van der Waals surface area contributed by atoms with E-state index in [0.29, 0.717) is 18.0 Å². The van der Waals surface area contributed by atoms with Gasteiger partial charge in [-0.25, -0.2) is 9.97 Å². The average molecular weight is 427 g/mol. The highest BCUT2D eigenvalue weighted by atomic mass is 16.5. The van der Waals surface area contributed by atoms with Gasteiger partial charge in [0.1, 0.15) is 17.8 Å². The van der Waals surface area contributed by atoms with Crippen LogP contribution in [0, 0.1) is 0 Å². The fraction of sp³-hybridized carbons (Fsp3) is 0.696. The Kier molecular flexibility index (Phi) is 6.09. The molecule has 31 heavy (non-hydrogen) atoms. The van der Waals surface area contributed by atoms with Crippen molar-refractivity contribution >= 4 is 22.8 Å². The van der Waals surface area contributed by atoms with Crippen molar-refractivity contribution in [1.82, 2.24) is 24.8 Å². The third-order valence-electron chi connectivity index (χ3n) is 7.48. The van der Waals surface area contributed by atoms with Gasteiger partial charge >= 0.3 is 0 Å². The average Bonchev–Trinajstić information content (AvgIpc) is 3.26. The minimum Gasteiger partial charge on any atom is -0.381 e. The van der Waals surface area contributed by atoms with Crippen LogP contribution in [0.15, 0.2) is 12.5 Å². The Hall–Kier alpha value is -2.19. The van der Waals surface area contributed by atoms with Crippen LogP contribution >= 0.6 is 0 Å². The van der Waals surface area contributed by atoms with Gasteiger partial charge in [-0.3, -0.25) is 9.69 Å². The monoisotopic (exact) mass is 426 g/mol. The van der Waals surface area contributed by atoms with Crippen molar-refractivity contribution in [2.45, 2.75) is 63.5 Å². The number of H-pyrrole nitrogens is 1. The molecule has 2 aliphatic heterocycles. The van der Waals surface area contributed by atoms with Gasteiger partial charge in [0.05, 0.1) is 5.39 Å². The summed E-state index contributed by atoms with van der Waals surface area (Å²) >= 11 is 0. The maximum Gasteiger partial charge on any atom is 0.219 e. The molecule has 3 aliphatic rings. The minimum absolute atomic E-state index is 0.202. The Morgan fingerprint density at radius 1 is 1.06 bits per heavy atom. The number of anilines is 1. The molecular formula is C23H34N6O2. The van der Waals surface area contributed by atoms with Crippen LogP contribution < -0.4 is 5.32 Å². The highest BCUT2D eigenvalue weighted by Gasteiger charge is 2.30. The number of hydrogen-bond donors (Lipinski definition) is 2. The van der Waals surface area contributed by atoms with Crippen LogP contribution in [0.5, 0.6) is 0 Å². The summed E-state index contributed by atoms with van der Waals surface area (Å²) in [6.07, 6.45) is 10.6. The number of nitrogens with zero attached hydrogens (tertiary/aromatic N) is 4. The number of amides is 1. The number of rotatable bonds is 4. The lowest BCUT2D eigenvalue weighted by Crippen LogP contribution is -2.52. The number of carbonyl (C=O) groups is 1. The maximum atomic E-state index is 11.6. The van der Waals surface area contributed by atoms with E-state index in [9.17, 15) is 4.79 Å². The fourth-order valence-electron chi connectivity index (χ4n) is 5.61. The number of aromatic amines is 1. The number of hydrogen-bond acceptors (Lipinski definition) is 6. The second kappa shape index (κ2) is 9.12. The number of ether oxygens (including phenoxy) is 1. The van der Waals surface area contributed by atoms with Gasteiger partial charge < -0.3 is 19.9 Å². The van der Waals surface area contributed by atoms with Gasteiger partial charge in [-0.15, -0.1) is 0 Å². The Bertz CT molecular complexity index is 893. The lowest BCUT2D eigenvalue weighted by atomic mass is 9.89. The molecule has 2 aromatic heterocycles. The first-order valence-corrected chi connectivity index (χ1v) is 11.8. The van der Waals surface area contributed by atoms with Crippen LogP contribution in [-0.2, 0) is 9.53 Å². The second-order valence-corrected chi connectivity index (χ2v) is 9.27. The van der Waals surface area contributed by atoms with Gasteiger partial charge in [-0.05, 0) is 50.0 Å². The number of fused-ring (bicyclic) bond motifs is 1. The molecule has 4 heterocycles. The molecule has 0 aromatic carbocycles. The summed E-state index contributed by atoms with van der Waals surface area (Å²) in [5.74, 6) is 1.69. The normalized spacial score (nSPS) is 26.3. The summed E-state index contributed by atoms with van der Waals surface area (Å²) in [5, 5.41) is 4.92. The molecule has 0 spiro atoms. The second-order valence-electron chi connectivity index (χ2n) is 9.27. The molecule has 5 rings (SSSR count). The van der Waals surface area contributed by atoms with Crippen molar-refractivity contribution in [3.8, 4) is 0 Å². The van der Waals surface area contributed by atoms with E-state index in [4.69, 9.17) is 4.74 Å². The summed E-state index contributed by atoms with van der Waals surface area (Å²) < 4.78 is 5.56.